The van der Waals surface area contributed by atoms with E-state index in [2.05, 4.69) is 10.3 Å². The van der Waals surface area contributed by atoms with Crippen molar-refractivity contribution in [2.24, 2.45) is 0 Å². The Kier molecular flexibility index (Phi) is 4.11. The van der Waals surface area contributed by atoms with Crippen LogP contribution >= 0.6 is 11.3 Å². The van der Waals surface area contributed by atoms with Crippen LogP contribution in [0.15, 0.2) is 64.9 Å². The molecule has 22 heavy (non-hydrogen) atoms. The summed E-state index contributed by atoms with van der Waals surface area (Å²) in [5, 5.41) is 5.13. The van der Waals surface area contributed by atoms with Gasteiger partial charge in [-0.05, 0) is 6.07 Å². The van der Waals surface area contributed by atoms with E-state index < -0.39 is 0 Å². The van der Waals surface area contributed by atoms with Crippen LogP contribution in [0.1, 0.15) is 0 Å². The molecule has 0 atom stereocenters. The first kappa shape index (κ1) is 14.2. The Bertz CT molecular complexity index is 840. The second kappa shape index (κ2) is 6.36. The van der Waals surface area contributed by atoms with Gasteiger partial charge in [-0.3, -0.25) is 9.59 Å². The summed E-state index contributed by atoms with van der Waals surface area (Å²) in [6, 6.07) is 14.5. The molecule has 0 saturated carbocycles. The first-order valence-electron chi connectivity index (χ1n) is 6.68. The molecule has 2 heterocycles. The highest BCUT2D eigenvalue weighted by molar-refractivity contribution is 7.14. The molecule has 0 spiro atoms. The molecule has 1 N–H and O–H groups in total. The van der Waals surface area contributed by atoms with Crippen molar-refractivity contribution in [3.05, 3.63) is 70.5 Å². The van der Waals surface area contributed by atoms with E-state index in [0.29, 0.717) is 5.13 Å². The highest BCUT2D eigenvalue weighted by atomic mass is 32.1. The van der Waals surface area contributed by atoms with Crippen molar-refractivity contribution in [2.75, 3.05) is 5.32 Å². The minimum atomic E-state index is -0.276. The maximum Gasteiger partial charge on any atom is 0.250 e. The molecule has 0 aliphatic carbocycles. The minimum Gasteiger partial charge on any atom is -0.306 e. The van der Waals surface area contributed by atoms with Crippen LogP contribution in [0.5, 0.6) is 0 Å². The third kappa shape index (κ3) is 3.29. The van der Waals surface area contributed by atoms with Crippen molar-refractivity contribution >= 4 is 22.4 Å². The number of thiazole rings is 1. The van der Waals surface area contributed by atoms with Crippen molar-refractivity contribution in [2.45, 2.75) is 6.54 Å². The number of nitrogens with one attached hydrogen (secondary N) is 1. The third-order valence-electron chi connectivity index (χ3n) is 3.03. The van der Waals surface area contributed by atoms with Crippen LogP contribution in [0.2, 0.25) is 0 Å². The lowest BCUT2D eigenvalue weighted by Crippen LogP contribution is -2.26. The van der Waals surface area contributed by atoms with E-state index in [-0.39, 0.29) is 18.0 Å². The number of anilines is 1. The lowest BCUT2D eigenvalue weighted by molar-refractivity contribution is -0.116. The Morgan fingerprint density at radius 3 is 2.68 bits per heavy atom. The van der Waals surface area contributed by atoms with Crippen LogP contribution in [0, 0.1) is 0 Å². The van der Waals surface area contributed by atoms with E-state index in [0.717, 1.165) is 11.3 Å². The highest BCUT2D eigenvalue weighted by Gasteiger charge is 2.08. The van der Waals surface area contributed by atoms with Crippen LogP contribution in [-0.2, 0) is 11.3 Å². The van der Waals surface area contributed by atoms with Crippen LogP contribution in [-0.4, -0.2) is 15.5 Å². The zero-order chi connectivity index (χ0) is 15.4. The van der Waals surface area contributed by atoms with Gasteiger partial charge in [-0.25, -0.2) is 4.98 Å². The van der Waals surface area contributed by atoms with Crippen molar-refractivity contribution in [3.8, 4) is 11.3 Å². The van der Waals surface area contributed by atoms with Crippen molar-refractivity contribution in [1.82, 2.24) is 9.55 Å². The lowest BCUT2D eigenvalue weighted by atomic mass is 10.2. The highest BCUT2D eigenvalue weighted by Crippen LogP contribution is 2.24. The Morgan fingerprint density at radius 1 is 1.14 bits per heavy atom. The molecule has 3 aromatic rings. The van der Waals surface area contributed by atoms with E-state index in [9.17, 15) is 9.59 Å². The molecule has 0 unspecified atom stereocenters. The SMILES string of the molecule is O=C(Cn1ccccc1=O)Nc1nc(-c2ccccc2)cs1. The molecule has 0 bridgehead atoms. The minimum absolute atomic E-state index is 0.0279. The molecule has 6 heteroatoms. The van der Waals surface area contributed by atoms with Crippen molar-refractivity contribution in [1.29, 1.82) is 0 Å². The molecule has 3 rings (SSSR count). The largest absolute Gasteiger partial charge is 0.306 e. The molecule has 0 fully saturated rings. The Hall–Kier alpha value is -2.73. The van der Waals surface area contributed by atoms with Crippen LogP contribution in [0.3, 0.4) is 0 Å². The summed E-state index contributed by atoms with van der Waals surface area (Å²) in [7, 11) is 0. The molecule has 0 saturated heterocycles. The maximum absolute atomic E-state index is 12.0. The molecule has 0 aliphatic rings. The number of carbonyl (C=O) groups excluding carboxylic acids is 1. The quantitative estimate of drug-likeness (QED) is 0.805. The van der Waals surface area contributed by atoms with E-state index in [4.69, 9.17) is 0 Å². The van der Waals surface area contributed by atoms with Gasteiger partial charge in [-0.1, -0.05) is 36.4 Å². The fourth-order valence-corrected chi connectivity index (χ4v) is 2.71. The summed E-state index contributed by atoms with van der Waals surface area (Å²) in [5.74, 6) is -0.276. The number of pyridine rings is 1. The molecular formula is C16H13N3O2S. The molecule has 1 aromatic carbocycles. The zero-order valence-corrected chi connectivity index (χ0v) is 12.4. The predicted molar refractivity (Wildman–Crippen MR) is 86.9 cm³/mol. The van der Waals surface area contributed by atoms with Crippen molar-refractivity contribution < 1.29 is 4.79 Å². The predicted octanol–water partition coefficient (Wildman–Crippen LogP) is 2.61. The Morgan fingerprint density at radius 2 is 1.91 bits per heavy atom. The third-order valence-corrected chi connectivity index (χ3v) is 3.79. The molecular weight excluding hydrogens is 298 g/mol. The fraction of sp³-hybridized carbons (Fsp3) is 0.0625. The van der Waals surface area contributed by atoms with Gasteiger partial charge in [-0.2, -0.15) is 0 Å². The number of nitrogens with zero attached hydrogens (tertiary/aromatic N) is 2. The molecule has 110 valence electrons. The average molecular weight is 311 g/mol. The number of rotatable bonds is 4. The average Bonchev–Trinajstić information content (AvgIpc) is 2.99. The number of amides is 1. The molecule has 0 aliphatic heterocycles. The fourth-order valence-electron chi connectivity index (χ4n) is 1.98. The van der Waals surface area contributed by atoms with E-state index in [1.54, 1.807) is 18.3 Å². The topological polar surface area (TPSA) is 64.0 Å². The second-order valence-electron chi connectivity index (χ2n) is 4.62. The lowest BCUT2D eigenvalue weighted by Gasteiger charge is -2.04. The zero-order valence-electron chi connectivity index (χ0n) is 11.6. The molecule has 5 nitrogen and oxygen atoms in total. The number of hydrogen-bond donors (Lipinski definition) is 1. The van der Waals surface area contributed by atoms with Gasteiger partial charge < -0.3 is 9.88 Å². The van der Waals surface area contributed by atoms with Crippen LogP contribution in [0.25, 0.3) is 11.3 Å². The summed E-state index contributed by atoms with van der Waals surface area (Å²) in [6.07, 6.45) is 1.58. The van der Waals surface area contributed by atoms with Gasteiger partial charge in [0.2, 0.25) is 5.91 Å². The summed E-state index contributed by atoms with van der Waals surface area (Å²) in [6.45, 7) is -0.0279. The van der Waals surface area contributed by atoms with Gasteiger partial charge >= 0.3 is 0 Å². The van der Waals surface area contributed by atoms with Gasteiger partial charge in [-0.15, -0.1) is 11.3 Å². The molecule has 1 amide bonds. The van der Waals surface area contributed by atoms with E-state index >= 15 is 0 Å². The monoisotopic (exact) mass is 311 g/mol. The smallest absolute Gasteiger partial charge is 0.250 e. The van der Waals surface area contributed by atoms with Gasteiger partial charge in [0.15, 0.2) is 5.13 Å². The first-order valence-corrected chi connectivity index (χ1v) is 7.56. The number of carbonyl (C=O) groups is 1. The van der Waals surface area contributed by atoms with Gasteiger partial charge in [0.1, 0.15) is 6.54 Å². The van der Waals surface area contributed by atoms with Crippen molar-refractivity contribution in [3.63, 3.8) is 0 Å². The first-order chi connectivity index (χ1) is 10.7. The van der Waals surface area contributed by atoms with Crippen LogP contribution in [0.4, 0.5) is 5.13 Å². The van der Waals surface area contributed by atoms with Gasteiger partial charge in [0.05, 0.1) is 5.69 Å². The number of benzene rings is 1. The van der Waals surface area contributed by atoms with Crippen LogP contribution < -0.4 is 10.9 Å². The summed E-state index contributed by atoms with van der Waals surface area (Å²) in [5.41, 5.74) is 1.61. The number of aromatic nitrogens is 2. The Balaban J connectivity index is 1.69. The van der Waals surface area contributed by atoms with Gasteiger partial charge in [0, 0.05) is 23.2 Å². The normalized spacial score (nSPS) is 10.4. The maximum atomic E-state index is 12.0. The Labute approximate surface area is 130 Å². The summed E-state index contributed by atoms with van der Waals surface area (Å²) < 4.78 is 1.35. The summed E-state index contributed by atoms with van der Waals surface area (Å²) in [4.78, 5) is 27.9. The second-order valence-corrected chi connectivity index (χ2v) is 5.48. The molecule has 2 aromatic heterocycles. The number of hydrogen-bond acceptors (Lipinski definition) is 4. The van der Waals surface area contributed by atoms with Gasteiger partial charge in [0.25, 0.3) is 5.56 Å². The van der Waals surface area contributed by atoms with E-state index in [1.807, 2.05) is 35.7 Å². The summed E-state index contributed by atoms with van der Waals surface area (Å²) >= 11 is 1.36. The standard InChI is InChI=1S/C16H13N3O2S/c20-14(10-19-9-5-4-8-15(19)21)18-16-17-13(11-22-16)12-6-2-1-3-7-12/h1-9,11H,10H2,(H,17,18,20). The van der Waals surface area contributed by atoms with E-state index in [1.165, 1.54) is 22.0 Å². The molecule has 0 radical (unpaired) electrons.